The van der Waals surface area contributed by atoms with Gasteiger partial charge in [0.25, 0.3) is 0 Å². The van der Waals surface area contributed by atoms with Gasteiger partial charge in [-0.2, -0.15) is 13.2 Å². The van der Waals surface area contributed by atoms with E-state index in [1.165, 1.54) is 5.38 Å². The van der Waals surface area contributed by atoms with Gasteiger partial charge in [-0.3, -0.25) is 0 Å². The number of nitrogens with zero attached hydrogens (tertiary/aromatic N) is 2. The lowest BCUT2D eigenvalue weighted by Gasteiger charge is -2.10. The number of ether oxygens (including phenoxy) is 1. The first kappa shape index (κ1) is 16.4. The second-order valence-electron chi connectivity index (χ2n) is 4.81. The lowest BCUT2D eigenvalue weighted by molar-refractivity contribution is -0.137. The standard InChI is InChI=1S/C15H10F3IN2OS/c1-7-12(22-2)4-3-8-9(19)5-10(20-13(7)8)11-6-23-14(21-11)15(16,17)18/h3-6H,1-2H3. The van der Waals surface area contributed by atoms with Gasteiger partial charge in [0.15, 0.2) is 5.01 Å². The van der Waals surface area contributed by atoms with E-state index in [4.69, 9.17) is 4.74 Å². The van der Waals surface area contributed by atoms with Crippen LogP contribution in [0.25, 0.3) is 22.3 Å². The number of aryl methyl sites for hydroxylation is 1. The third-order valence-electron chi connectivity index (χ3n) is 3.36. The summed E-state index contributed by atoms with van der Waals surface area (Å²) in [6, 6.07) is 5.48. The van der Waals surface area contributed by atoms with Crippen LogP contribution in [0.2, 0.25) is 0 Å². The van der Waals surface area contributed by atoms with E-state index in [1.807, 2.05) is 19.1 Å². The van der Waals surface area contributed by atoms with Gasteiger partial charge in [-0.25, -0.2) is 9.97 Å². The van der Waals surface area contributed by atoms with Crippen molar-refractivity contribution in [1.29, 1.82) is 0 Å². The van der Waals surface area contributed by atoms with Crippen LogP contribution in [-0.4, -0.2) is 17.1 Å². The van der Waals surface area contributed by atoms with E-state index < -0.39 is 11.2 Å². The molecule has 2 heterocycles. The summed E-state index contributed by atoms with van der Waals surface area (Å²) in [6.07, 6.45) is -4.44. The summed E-state index contributed by atoms with van der Waals surface area (Å²) in [5, 5.41) is 1.44. The Morgan fingerprint density at radius 3 is 2.52 bits per heavy atom. The van der Waals surface area contributed by atoms with Crippen LogP contribution >= 0.6 is 33.9 Å². The molecule has 3 aromatic rings. The third kappa shape index (κ3) is 3.01. The van der Waals surface area contributed by atoms with Crippen LogP contribution in [0.4, 0.5) is 13.2 Å². The van der Waals surface area contributed by atoms with Gasteiger partial charge in [0.05, 0.1) is 18.3 Å². The molecule has 2 aromatic heterocycles. The van der Waals surface area contributed by atoms with Crippen molar-refractivity contribution in [1.82, 2.24) is 9.97 Å². The number of methoxy groups -OCH3 is 1. The maximum atomic E-state index is 12.7. The molecule has 23 heavy (non-hydrogen) atoms. The van der Waals surface area contributed by atoms with Gasteiger partial charge in [0.1, 0.15) is 11.4 Å². The zero-order valence-electron chi connectivity index (χ0n) is 12.0. The average molecular weight is 450 g/mol. The molecule has 8 heteroatoms. The number of halogens is 4. The molecule has 0 aliphatic heterocycles. The molecular weight excluding hydrogens is 440 g/mol. The number of hydrogen-bond acceptors (Lipinski definition) is 4. The first-order valence-corrected chi connectivity index (χ1v) is 8.44. The Bertz CT molecular complexity index is 892. The zero-order valence-corrected chi connectivity index (χ0v) is 15.0. The number of alkyl halides is 3. The molecule has 0 bridgehead atoms. The Morgan fingerprint density at radius 2 is 1.91 bits per heavy atom. The first-order valence-electron chi connectivity index (χ1n) is 6.48. The molecule has 0 amide bonds. The van der Waals surface area contributed by atoms with Crippen LogP contribution in [0.1, 0.15) is 10.6 Å². The molecule has 0 saturated carbocycles. The number of rotatable bonds is 2. The maximum Gasteiger partial charge on any atom is 0.443 e. The van der Waals surface area contributed by atoms with Crippen LogP contribution in [0.5, 0.6) is 5.75 Å². The largest absolute Gasteiger partial charge is 0.496 e. The summed E-state index contributed by atoms with van der Waals surface area (Å²) < 4.78 is 44.3. The van der Waals surface area contributed by atoms with Crippen molar-refractivity contribution >= 4 is 44.8 Å². The summed E-state index contributed by atoms with van der Waals surface area (Å²) >= 11 is 2.72. The number of pyridine rings is 1. The summed E-state index contributed by atoms with van der Waals surface area (Å²) in [7, 11) is 1.57. The van der Waals surface area contributed by atoms with Crippen molar-refractivity contribution in [2.45, 2.75) is 13.1 Å². The smallest absolute Gasteiger partial charge is 0.443 e. The van der Waals surface area contributed by atoms with E-state index >= 15 is 0 Å². The van der Waals surface area contributed by atoms with Gasteiger partial charge in [0.2, 0.25) is 0 Å². The highest BCUT2D eigenvalue weighted by Gasteiger charge is 2.34. The van der Waals surface area contributed by atoms with Crippen LogP contribution in [0, 0.1) is 10.5 Å². The number of benzene rings is 1. The van der Waals surface area contributed by atoms with E-state index in [0.717, 1.165) is 14.5 Å². The van der Waals surface area contributed by atoms with Gasteiger partial charge >= 0.3 is 6.18 Å². The molecule has 0 unspecified atom stereocenters. The molecule has 0 spiro atoms. The molecule has 0 aliphatic rings. The van der Waals surface area contributed by atoms with Crippen molar-refractivity contribution in [3.8, 4) is 17.1 Å². The van der Waals surface area contributed by atoms with Gasteiger partial charge in [-0.1, -0.05) is 0 Å². The summed E-state index contributed by atoms with van der Waals surface area (Å²) in [4.78, 5) is 8.17. The molecule has 0 N–H and O–H groups in total. The van der Waals surface area contributed by atoms with Crippen molar-refractivity contribution in [3.63, 3.8) is 0 Å². The fourth-order valence-corrected chi connectivity index (χ4v) is 3.65. The number of hydrogen-bond donors (Lipinski definition) is 0. The Morgan fingerprint density at radius 1 is 1.17 bits per heavy atom. The molecule has 0 atom stereocenters. The second-order valence-corrected chi connectivity index (χ2v) is 6.83. The molecule has 3 rings (SSSR count). The number of fused-ring (bicyclic) bond motifs is 1. The Kier molecular flexibility index (Phi) is 4.21. The minimum absolute atomic E-state index is 0.226. The van der Waals surface area contributed by atoms with Gasteiger partial charge in [0, 0.05) is 19.9 Å². The molecule has 120 valence electrons. The van der Waals surface area contributed by atoms with Crippen LogP contribution in [-0.2, 0) is 6.18 Å². The minimum atomic E-state index is -4.44. The van der Waals surface area contributed by atoms with E-state index in [9.17, 15) is 13.2 Å². The summed E-state index contributed by atoms with van der Waals surface area (Å²) in [6.45, 7) is 1.87. The van der Waals surface area contributed by atoms with Gasteiger partial charge < -0.3 is 4.74 Å². The Labute approximate surface area is 147 Å². The SMILES string of the molecule is COc1ccc2c(I)cc(-c3csc(C(F)(F)F)n3)nc2c1C. The topological polar surface area (TPSA) is 35.0 Å². The predicted octanol–water partition coefficient (Wildman–Crippen LogP) is 5.30. The Hall–Kier alpha value is -1.42. The minimum Gasteiger partial charge on any atom is -0.496 e. The maximum absolute atomic E-state index is 12.7. The molecule has 0 radical (unpaired) electrons. The van der Waals surface area contributed by atoms with E-state index in [0.29, 0.717) is 28.3 Å². The Balaban J connectivity index is 2.19. The molecular formula is C15H10F3IN2OS. The molecule has 1 aromatic carbocycles. The van der Waals surface area contributed by atoms with E-state index in [-0.39, 0.29) is 5.69 Å². The van der Waals surface area contributed by atoms with Crippen LogP contribution < -0.4 is 4.74 Å². The number of aromatic nitrogens is 2. The fourth-order valence-electron chi connectivity index (χ4n) is 2.24. The molecule has 0 fully saturated rings. The van der Waals surface area contributed by atoms with E-state index in [1.54, 1.807) is 13.2 Å². The normalized spacial score (nSPS) is 11.9. The number of thiazole rings is 1. The van der Waals surface area contributed by atoms with Gasteiger partial charge in [-0.15, -0.1) is 11.3 Å². The van der Waals surface area contributed by atoms with Crippen molar-refractivity contribution in [2.24, 2.45) is 0 Å². The molecule has 0 aliphatic carbocycles. The third-order valence-corrected chi connectivity index (χ3v) is 5.14. The monoisotopic (exact) mass is 450 g/mol. The van der Waals surface area contributed by atoms with Gasteiger partial charge in [-0.05, 0) is 47.7 Å². The van der Waals surface area contributed by atoms with Crippen molar-refractivity contribution < 1.29 is 17.9 Å². The van der Waals surface area contributed by atoms with Crippen LogP contribution in [0.15, 0.2) is 23.6 Å². The van der Waals surface area contributed by atoms with Crippen molar-refractivity contribution in [3.05, 3.63) is 37.7 Å². The van der Waals surface area contributed by atoms with Crippen LogP contribution in [0.3, 0.4) is 0 Å². The fraction of sp³-hybridized carbons (Fsp3) is 0.200. The molecule has 0 saturated heterocycles. The quantitative estimate of drug-likeness (QED) is 0.498. The van der Waals surface area contributed by atoms with Crippen molar-refractivity contribution in [2.75, 3.05) is 7.11 Å². The highest BCUT2D eigenvalue weighted by Crippen LogP contribution is 2.36. The first-order chi connectivity index (χ1) is 10.8. The summed E-state index contributed by atoms with van der Waals surface area (Å²) in [5.41, 5.74) is 2.19. The summed E-state index contributed by atoms with van der Waals surface area (Å²) in [5.74, 6) is 0.687. The lowest BCUT2D eigenvalue weighted by Crippen LogP contribution is -2.03. The van der Waals surface area contributed by atoms with E-state index in [2.05, 4.69) is 32.6 Å². The second kappa shape index (κ2) is 5.90. The average Bonchev–Trinajstić information content (AvgIpc) is 2.98. The highest BCUT2D eigenvalue weighted by molar-refractivity contribution is 14.1. The highest BCUT2D eigenvalue weighted by atomic mass is 127. The zero-order chi connectivity index (χ0) is 16.8. The lowest BCUT2D eigenvalue weighted by atomic mass is 10.1. The predicted molar refractivity (Wildman–Crippen MR) is 91.9 cm³/mol. The molecule has 3 nitrogen and oxygen atoms in total.